The number of aromatic nitrogens is 1. The SMILES string of the molecule is Cc1cccnc1CC(N)c1cccc(F)c1F. The molecule has 0 amide bonds. The molecule has 2 rings (SSSR count). The molecule has 0 saturated heterocycles. The number of aryl methyl sites for hydroxylation is 1. The van der Waals surface area contributed by atoms with Crippen molar-refractivity contribution in [1.29, 1.82) is 0 Å². The number of halogens is 2. The summed E-state index contributed by atoms with van der Waals surface area (Å²) in [5, 5.41) is 0. The number of rotatable bonds is 3. The van der Waals surface area contributed by atoms with Crippen molar-refractivity contribution in [2.75, 3.05) is 0 Å². The smallest absolute Gasteiger partial charge is 0.163 e. The topological polar surface area (TPSA) is 38.9 Å². The maximum Gasteiger partial charge on any atom is 0.163 e. The van der Waals surface area contributed by atoms with Gasteiger partial charge in [-0.2, -0.15) is 0 Å². The van der Waals surface area contributed by atoms with Crippen molar-refractivity contribution < 1.29 is 8.78 Å². The fraction of sp³-hybridized carbons (Fsp3) is 0.214. The van der Waals surface area contributed by atoms with E-state index < -0.39 is 17.7 Å². The summed E-state index contributed by atoms with van der Waals surface area (Å²) in [4.78, 5) is 4.20. The van der Waals surface area contributed by atoms with Crippen molar-refractivity contribution in [3.05, 3.63) is 65.0 Å². The summed E-state index contributed by atoms with van der Waals surface area (Å²) in [6.07, 6.45) is 2.05. The summed E-state index contributed by atoms with van der Waals surface area (Å²) in [7, 11) is 0. The molecule has 0 fully saturated rings. The van der Waals surface area contributed by atoms with Crippen LogP contribution in [-0.4, -0.2) is 4.98 Å². The van der Waals surface area contributed by atoms with Crippen LogP contribution in [0.15, 0.2) is 36.5 Å². The standard InChI is InChI=1S/C14H14F2N2/c1-9-4-3-7-18-13(9)8-12(17)10-5-2-6-11(15)14(10)16/h2-7,12H,8,17H2,1H3. The second-order valence-electron chi connectivity index (χ2n) is 4.22. The number of hydrogen-bond donors (Lipinski definition) is 1. The van der Waals surface area contributed by atoms with E-state index in [1.807, 2.05) is 19.1 Å². The van der Waals surface area contributed by atoms with Gasteiger partial charge in [-0.3, -0.25) is 4.98 Å². The summed E-state index contributed by atoms with van der Waals surface area (Å²) in [5.74, 6) is -1.75. The van der Waals surface area contributed by atoms with Crippen molar-refractivity contribution >= 4 is 0 Å². The minimum atomic E-state index is -0.876. The van der Waals surface area contributed by atoms with Gasteiger partial charge in [-0.25, -0.2) is 8.78 Å². The lowest BCUT2D eigenvalue weighted by atomic mass is 10.00. The molecule has 0 aliphatic rings. The van der Waals surface area contributed by atoms with Gasteiger partial charge < -0.3 is 5.73 Å². The van der Waals surface area contributed by atoms with Crippen molar-refractivity contribution in [3.63, 3.8) is 0 Å². The van der Waals surface area contributed by atoms with Gasteiger partial charge >= 0.3 is 0 Å². The molecule has 2 nitrogen and oxygen atoms in total. The van der Waals surface area contributed by atoms with E-state index in [0.29, 0.717) is 6.42 Å². The predicted molar refractivity (Wildman–Crippen MR) is 66.0 cm³/mol. The van der Waals surface area contributed by atoms with Gasteiger partial charge in [-0.1, -0.05) is 18.2 Å². The molecule has 0 aliphatic heterocycles. The molecular formula is C14H14F2N2. The summed E-state index contributed by atoms with van der Waals surface area (Å²) in [5.41, 5.74) is 7.89. The van der Waals surface area contributed by atoms with Crippen LogP contribution in [0.25, 0.3) is 0 Å². The van der Waals surface area contributed by atoms with Crippen molar-refractivity contribution in [2.45, 2.75) is 19.4 Å². The van der Waals surface area contributed by atoms with Crippen LogP contribution in [0, 0.1) is 18.6 Å². The Morgan fingerprint density at radius 3 is 2.72 bits per heavy atom. The third-order valence-corrected chi connectivity index (χ3v) is 2.91. The molecule has 4 heteroatoms. The van der Waals surface area contributed by atoms with Crippen LogP contribution in [-0.2, 0) is 6.42 Å². The zero-order valence-corrected chi connectivity index (χ0v) is 10.0. The van der Waals surface area contributed by atoms with Crippen LogP contribution in [0.2, 0.25) is 0 Å². The molecule has 0 spiro atoms. The summed E-state index contributed by atoms with van der Waals surface area (Å²) in [6, 6.07) is 7.18. The fourth-order valence-electron chi connectivity index (χ4n) is 1.86. The highest BCUT2D eigenvalue weighted by Crippen LogP contribution is 2.21. The highest BCUT2D eigenvalue weighted by atomic mass is 19.2. The summed E-state index contributed by atoms with van der Waals surface area (Å²) in [6.45, 7) is 1.91. The molecule has 1 aromatic heterocycles. The third kappa shape index (κ3) is 2.54. The predicted octanol–water partition coefficient (Wildman–Crippen LogP) is 2.91. The zero-order valence-electron chi connectivity index (χ0n) is 10.0. The molecule has 18 heavy (non-hydrogen) atoms. The number of pyridine rings is 1. The van der Waals surface area contributed by atoms with Gasteiger partial charge in [-0.05, 0) is 24.6 Å². The Hall–Kier alpha value is -1.81. The van der Waals surface area contributed by atoms with Crippen molar-refractivity contribution in [2.24, 2.45) is 5.73 Å². The van der Waals surface area contributed by atoms with Gasteiger partial charge in [0.25, 0.3) is 0 Å². The normalized spacial score (nSPS) is 12.4. The first-order valence-electron chi connectivity index (χ1n) is 5.69. The zero-order chi connectivity index (χ0) is 13.1. The lowest BCUT2D eigenvalue weighted by molar-refractivity contribution is 0.487. The Morgan fingerprint density at radius 2 is 2.00 bits per heavy atom. The van der Waals surface area contributed by atoms with Gasteiger partial charge in [0.05, 0.1) is 0 Å². The molecule has 1 unspecified atom stereocenters. The minimum absolute atomic E-state index is 0.181. The summed E-state index contributed by atoms with van der Waals surface area (Å²) < 4.78 is 26.7. The van der Waals surface area contributed by atoms with Crippen LogP contribution >= 0.6 is 0 Å². The Balaban J connectivity index is 2.25. The second-order valence-corrected chi connectivity index (χ2v) is 4.22. The lowest BCUT2D eigenvalue weighted by Crippen LogP contribution is -2.17. The van der Waals surface area contributed by atoms with E-state index in [1.165, 1.54) is 12.1 Å². The van der Waals surface area contributed by atoms with Gasteiger partial charge in [0, 0.05) is 29.9 Å². The molecule has 1 heterocycles. The molecule has 94 valence electrons. The molecule has 0 bridgehead atoms. The van der Waals surface area contributed by atoms with E-state index in [0.717, 1.165) is 17.3 Å². The number of benzene rings is 1. The first kappa shape index (κ1) is 12.6. The van der Waals surface area contributed by atoms with Crippen LogP contribution in [0.3, 0.4) is 0 Å². The first-order chi connectivity index (χ1) is 8.59. The lowest BCUT2D eigenvalue weighted by Gasteiger charge is -2.14. The Morgan fingerprint density at radius 1 is 1.22 bits per heavy atom. The van der Waals surface area contributed by atoms with Crippen LogP contribution < -0.4 is 5.73 Å². The first-order valence-corrected chi connectivity index (χ1v) is 5.69. The second kappa shape index (κ2) is 5.23. The molecule has 1 atom stereocenters. The Bertz CT molecular complexity index is 555. The summed E-state index contributed by atoms with van der Waals surface area (Å²) >= 11 is 0. The minimum Gasteiger partial charge on any atom is -0.324 e. The fourth-order valence-corrected chi connectivity index (χ4v) is 1.86. The van der Waals surface area contributed by atoms with Crippen LogP contribution in [0.4, 0.5) is 8.78 Å². The number of hydrogen-bond acceptors (Lipinski definition) is 2. The van der Waals surface area contributed by atoms with Crippen LogP contribution in [0.5, 0.6) is 0 Å². The van der Waals surface area contributed by atoms with Gasteiger partial charge in [0.1, 0.15) is 0 Å². The molecule has 0 radical (unpaired) electrons. The van der Waals surface area contributed by atoms with Crippen molar-refractivity contribution in [3.8, 4) is 0 Å². The van der Waals surface area contributed by atoms with E-state index in [1.54, 1.807) is 6.20 Å². The molecule has 2 aromatic rings. The average Bonchev–Trinajstić information content (AvgIpc) is 2.35. The highest BCUT2D eigenvalue weighted by molar-refractivity contribution is 5.26. The molecule has 2 N–H and O–H groups in total. The number of nitrogens with two attached hydrogens (primary N) is 1. The maximum absolute atomic E-state index is 13.6. The average molecular weight is 248 g/mol. The quantitative estimate of drug-likeness (QED) is 0.907. The van der Waals surface area contributed by atoms with Gasteiger partial charge in [0.2, 0.25) is 0 Å². The van der Waals surface area contributed by atoms with E-state index in [-0.39, 0.29) is 5.56 Å². The van der Waals surface area contributed by atoms with E-state index in [9.17, 15) is 8.78 Å². The van der Waals surface area contributed by atoms with E-state index in [4.69, 9.17) is 5.73 Å². The van der Waals surface area contributed by atoms with E-state index >= 15 is 0 Å². The third-order valence-electron chi connectivity index (χ3n) is 2.91. The number of nitrogens with zero attached hydrogens (tertiary/aromatic N) is 1. The van der Waals surface area contributed by atoms with Gasteiger partial charge in [-0.15, -0.1) is 0 Å². The monoisotopic (exact) mass is 248 g/mol. The molecule has 0 saturated carbocycles. The van der Waals surface area contributed by atoms with E-state index in [2.05, 4.69) is 4.98 Å². The Labute approximate surface area is 104 Å². The molecule has 0 aliphatic carbocycles. The largest absolute Gasteiger partial charge is 0.324 e. The maximum atomic E-state index is 13.6. The molecule has 1 aromatic carbocycles. The van der Waals surface area contributed by atoms with Crippen molar-refractivity contribution in [1.82, 2.24) is 4.98 Å². The Kier molecular flexibility index (Phi) is 3.67. The van der Waals surface area contributed by atoms with Crippen LogP contribution in [0.1, 0.15) is 22.9 Å². The van der Waals surface area contributed by atoms with Gasteiger partial charge in [0.15, 0.2) is 11.6 Å². The molecular weight excluding hydrogens is 234 g/mol. The highest BCUT2D eigenvalue weighted by Gasteiger charge is 2.16.